The van der Waals surface area contributed by atoms with Crippen LogP contribution in [-0.4, -0.2) is 22.9 Å². The quantitative estimate of drug-likeness (QED) is 0.524. The molecule has 4 nitrogen and oxygen atoms in total. The number of carbonyl (C=O) groups excluding carboxylic acids is 2. The molecule has 1 aromatic carbocycles. The van der Waals surface area contributed by atoms with Gasteiger partial charge in [0.1, 0.15) is 0 Å². The van der Waals surface area contributed by atoms with Gasteiger partial charge in [-0.05, 0) is 32.0 Å². The molecule has 2 aromatic heterocycles. The van der Waals surface area contributed by atoms with Crippen molar-refractivity contribution in [2.45, 2.75) is 20.4 Å². The maximum atomic E-state index is 12.3. The number of ether oxygens (including phenoxy) is 1. The average Bonchev–Trinajstić information content (AvgIpc) is 3.16. The predicted molar refractivity (Wildman–Crippen MR) is 91.3 cm³/mol. The molecule has 23 heavy (non-hydrogen) atoms. The Morgan fingerprint density at radius 2 is 1.96 bits per heavy atom. The summed E-state index contributed by atoms with van der Waals surface area (Å²) >= 11 is 1.41. The van der Waals surface area contributed by atoms with E-state index < -0.39 is 5.97 Å². The summed E-state index contributed by atoms with van der Waals surface area (Å²) in [6.07, 6.45) is 1.78. The lowest BCUT2D eigenvalue weighted by Gasteiger charge is -2.02. The summed E-state index contributed by atoms with van der Waals surface area (Å²) in [5.74, 6) is -0.634. The largest absolute Gasteiger partial charge is 0.454 e. The summed E-state index contributed by atoms with van der Waals surface area (Å²) in [4.78, 5) is 26.1. The lowest BCUT2D eigenvalue weighted by Crippen LogP contribution is -2.13. The van der Waals surface area contributed by atoms with Gasteiger partial charge in [-0.2, -0.15) is 0 Å². The van der Waals surface area contributed by atoms with Crippen molar-refractivity contribution < 1.29 is 14.3 Å². The molecule has 0 aliphatic carbocycles. The fourth-order valence-corrected chi connectivity index (χ4v) is 3.33. The molecule has 0 aliphatic heterocycles. The van der Waals surface area contributed by atoms with E-state index >= 15 is 0 Å². The molecule has 0 N–H and O–H groups in total. The molecule has 0 atom stereocenters. The molecule has 0 fully saturated rings. The van der Waals surface area contributed by atoms with Crippen LogP contribution in [0.15, 0.2) is 42.6 Å². The number of Topliss-reactive ketones (excluding diaryl/α,β-unsaturated/α-hetero) is 1. The second kappa shape index (κ2) is 6.38. The van der Waals surface area contributed by atoms with E-state index in [0.717, 1.165) is 22.3 Å². The highest BCUT2D eigenvalue weighted by atomic mass is 32.1. The monoisotopic (exact) mass is 327 g/mol. The molecular formula is C18H17NO3S. The number of aromatic nitrogens is 1. The average molecular weight is 327 g/mol. The van der Waals surface area contributed by atoms with Crippen LogP contribution in [0.3, 0.4) is 0 Å². The van der Waals surface area contributed by atoms with Crippen LogP contribution in [0.1, 0.15) is 31.8 Å². The fourth-order valence-electron chi connectivity index (χ4n) is 2.54. The third-order valence-corrected chi connectivity index (χ3v) is 4.74. The van der Waals surface area contributed by atoms with E-state index in [2.05, 4.69) is 0 Å². The van der Waals surface area contributed by atoms with Crippen molar-refractivity contribution in [3.05, 3.63) is 57.9 Å². The molecule has 0 spiro atoms. The Morgan fingerprint density at radius 3 is 2.65 bits per heavy atom. The predicted octanol–water partition coefficient (Wildman–Crippen LogP) is 4.07. The lowest BCUT2D eigenvalue weighted by molar-refractivity contribution is 0.0477. The van der Waals surface area contributed by atoms with Crippen molar-refractivity contribution in [1.29, 1.82) is 0 Å². The van der Waals surface area contributed by atoms with Gasteiger partial charge in [0.25, 0.3) is 0 Å². The molecular weight excluding hydrogens is 310 g/mol. The lowest BCUT2D eigenvalue weighted by atomic mass is 10.2. The van der Waals surface area contributed by atoms with Crippen molar-refractivity contribution in [3.8, 4) is 0 Å². The third kappa shape index (κ3) is 3.05. The molecule has 5 heteroatoms. The topological polar surface area (TPSA) is 48.3 Å². The van der Waals surface area contributed by atoms with E-state index in [9.17, 15) is 9.59 Å². The SMILES string of the molecule is CCn1cc(C(=O)OCC(=O)c2ccc(C)s2)c2ccccc21. The number of benzene rings is 1. The maximum Gasteiger partial charge on any atom is 0.340 e. The minimum absolute atomic E-state index is 0.171. The van der Waals surface area contributed by atoms with Gasteiger partial charge in [0, 0.05) is 28.5 Å². The molecule has 3 rings (SSSR count). The molecule has 0 radical (unpaired) electrons. The van der Waals surface area contributed by atoms with E-state index in [4.69, 9.17) is 4.74 Å². The molecule has 0 unspecified atom stereocenters. The zero-order valence-corrected chi connectivity index (χ0v) is 13.9. The number of carbonyl (C=O) groups is 2. The number of ketones is 1. The van der Waals surface area contributed by atoms with E-state index in [1.807, 2.05) is 48.7 Å². The van der Waals surface area contributed by atoms with Crippen molar-refractivity contribution >= 4 is 34.0 Å². The number of nitrogens with zero attached hydrogens (tertiary/aromatic N) is 1. The third-order valence-electron chi connectivity index (χ3n) is 3.70. The highest BCUT2D eigenvalue weighted by Crippen LogP contribution is 2.22. The van der Waals surface area contributed by atoms with Crippen molar-refractivity contribution in [2.24, 2.45) is 0 Å². The number of thiophene rings is 1. The van der Waals surface area contributed by atoms with Crippen molar-refractivity contribution in [1.82, 2.24) is 4.57 Å². The van der Waals surface area contributed by atoms with Crippen LogP contribution in [-0.2, 0) is 11.3 Å². The summed E-state index contributed by atoms with van der Waals surface area (Å²) in [5.41, 5.74) is 1.49. The number of esters is 1. The normalized spacial score (nSPS) is 10.9. The zero-order valence-electron chi connectivity index (χ0n) is 13.0. The van der Waals surface area contributed by atoms with Gasteiger partial charge in [-0.25, -0.2) is 4.79 Å². The number of aryl methyl sites for hydroxylation is 2. The Balaban J connectivity index is 1.77. The van der Waals surface area contributed by atoms with Gasteiger partial charge >= 0.3 is 5.97 Å². The number of fused-ring (bicyclic) bond motifs is 1. The summed E-state index contributed by atoms with van der Waals surface area (Å²) in [5, 5.41) is 0.846. The van der Waals surface area contributed by atoms with Crippen LogP contribution in [0.2, 0.25) is 0 Å². The van der Waals surface area contributed by atoms with E-state index in [1.165, 1.54) is 11.3 Å². The standard InChI is InChI=1S/C18H17NO3S/c1-3-19-10-14(13-6-4-5-7-15(13)19)18(21)22-11-16(20)17-9-8-12(2)23-17/h4-10H,3,11H2,1-2H3. The van der Waals surface area contributed by atoms with Crippen molar-refractivity contribution in [2.75, 3.05) is 6.61 Å². The highest BCUT2D eigenvalue weighted by Gasteiger charge is 2.17. The van der Waals surface area contributed by atoms with Crippen LogP contribution < -0.4 is 0 Å². The Bertz CT molecular complexity index is 875. The molecule has 0 bridgehead atoms. The molecule has 3 aromatic rings. The van der Waals surface area contributed by atoms with Gasteiger partial charge in [0.05, 0.1) is 10.4 Å². The van der Waals surface area contributed by atoms with Gasteiger partial charge in [0.2, 0.25) is 5.78 Å². The molecule has 0 saturated heterocycles. The van der Waals surface area contributed by atoms with Gasteiger partial charge in [-0.15, -0.1) is 11.3 Å². The van der Waals surface area contributed by atoms with Crippen LogP contribution in [0.4, 0.5) is 0 Å². The summed E-state index contributed by atoms with van der Waals surface area (Å²) < 4.78 is 7.22. The first-order chi connectivity index (χ1) is 11.1. The van der Waals surface area contributed by atoms with Crippen LogP contribution in [0.25, 0.3) is 10.9 Å². The Morgan fingerprint density at radius 1 is 1.17 bits per heavy atom. The summed E-state index contributed by atoms with van der Waals surface area (Å²) in [6, 6.07) is 11.3. The fraction of sp³-hybridized carbons (Fsp3) is 0.222. The molecule has 2 heterocycles. The number of rotatable bonds is 5. The maximum absolute atomic E-state index is 12.3. The van der Waals surface area contributed by atoms with Gasteiger partial charge < -0.3 is 9.30 Å². The van der Waals surface area contributed by atoms with Crippen molar-refractivity contribution in [3.63, 3.8) is 0 Å². The van der Waals surface area contributed by atoms with Gasteiger partial charge in [0.15, 0.2) is 6.61 Å². The van der Waals surface area contributed by atoms with Crippen LogP contribution in [0, 0.1) is 6.92 Å². The first-order valence-electron chi connectivity index (χ1n) is 7.44. The van der Waals surface area contributed by atoms with Crippen LogP contribution in [0.5, 0.6) is 0 Å². The van der Waals surface area contributed by atoms with E-state index in [0.29, 0.717) is 10.4 Å². The number of para-hydroxylation sites is 1. The molecule has 0 saturated carbocycles. The highest BCUT2D eigenvalue weighted by molar-refractivity contribution is 7.14. The summed E-state index contributed by atoms with van der Waals surface area (Å²) in [7, 11) is 0. The first kappa shape index (κ1) is 15.5. The van der Waals surface area contributed by atoms with Gasteiger partial charge in [-0.1, -0.05) is 18.2 Å². The molecule has 0 aliphatic rings. The Labute approximate surface area is 138 Å². The minimum atomic E-state index is -0.463. The Kier molecular flexibility index (Phi) is 4.30. The van der Waals surface area contributed by atoms with Crippen LogP contribution >= 0.6 is 11.3 Å². The zero-order chi connectivity index (χ0) is 16.4. The number of hydrogen-bond donors (Lipinski definition) is 0. The second-order valence-electron chi connectivity index (χ2n) is 5.26. The smallest absolute Gasteiger partial charge is 0.340 e. The second-order valence-corrected chi connectivity index (χ2v) is 6.54. The Hall–Kier alpha value is -2.40. The summed E-state index contributed by atoms with van der Waals surface area (Å²) in [6.45, 7) is 4.49. The van der Waals surface area contributed by atoms with Gasteiger partial charge in [-0.3, -0.25) is 4.79 Å². The first-order valence-corrected chi connectivity index (χ1v) is 8.26. The molecule has 118 valence electrons. The van der Waals surface area contributed by atoms with E-state index in [1.54, 1.807) is 12.3 Å². The minimum Gasteiger partial charge on any atom is -0.454 e. The number of hydrogen-bond acceptors (Lipinski definition) is 4. The van der Waals surface area contributed by atoms with E-state index in [-0.39, 0.29) is 12.4 Å². The molecule has 0 amide bonds.